The highest BCUT2D eigenvalue weighted by Gasteiger charge is 2.04. The molecule has 0 spiro atoms. The Balaban J connectivity index is 0.00000441. The fourth-order valence-electron chi connectivity index (χ4n) is 1.58. The zero-order valence-electron chi connectivity index (χ0n) is 13.1. The Hall–Kier alpha value is -0.870. The first-order chi connectivity index (χ1) is 10.3. The summed E-state index contributed by atoms with van der Waals surface area (Å²) in [6, 6.07) is 3.69. The van der Waals surface area contributed by atoms with E-state index in [4.69, 9.17) is 4.74 Å². The minimum absolute atomic E-state index is 0. The maximum absolute atomic E-state index is 11.7. The summed E-state index contributed by atoms with van der Waals surface area (Å²) < 4.78 is 4.98. The van der Waals surface area contributed by atoms with Crippen molar-refractivity contribution in [1.82, 2.24) is 16.0 Å². The number of carbonyl (C=O) groups is 1. The zero-order chi connectivity index (χ0) is 15.3. The maximum Gasteiger partial charge on any atom is 0.261 e. The van der Waals surface area contributed by atoms with Crippen LogP contribution < -0.4 is 16.0 Å². The number of hydrogen-bond acceptors (Lipinski definition) is 4. The molecule has 0 saturated carbocycles. The fourth-order valence-corrected chi connectivity index (χ4v) is 2.22. The van der Waals surface area contributed by atoms with Gasteiger partial charge in [-0.3, -0.25) is 9.79 Å². The summed E-state index contributed by atoms with van der Waals surface area (Å²) in [6.45, 7) is 5.48. The van der Waals surface area contributed by atoms with Crippen molar-refractivity contribution in [3.63, 3.8) is 0 Å². The van der Waals surface area contributed by atoms with Crippen molar-refractivity contribution in [3.8, 4) is 0 Å². The molecule has 0 radical (unpaired) electrons. The number of halogens is 1. The van der Waals surface area contributed by atoms with E-state index in [0.717, 1.165) is 30.3 Å². The molecular weight excluding hydrogens is 415 g/mol. The van der Waals surface area contributed by atoms with Crippen molar-refractivity contribution in [2.45, 2.75) is 13.3 Å². The van der Waals surface area contributed by atoms with E-state index in [1.165, 1.54) is 11.3 Å². The lowest BCUT2D eigenvalue weighted by molar-refractivity contribution is 0.0957. The highest BCUT2D eigenvalue weighted by molar-refractivity contribution is 14.0. The molecular formula is C14H25IN4O2S. The third-order valence-corrected chi connectivity index (χ3v) is 3.45. The monoisotopic (exact) mass is 440 g/mol. The molecule has 1 aromatic heterocycles. The number of carbonyl (C=O) groups excluding carboxylic acids is 1. The summed E-state index contributed by atoms with van der Waals surface area (Å²) in [4.78, 5) is 16.9. The first-order valence-corrected chi connectivity index (χ1v) is 7.98. The van der Waals surface area contributed by atoms with E-state index in [1.807, 2.05) is 24.4 Å². The van der Waals surface area contributed by atoms with Crippen molar-refractivity contribution in [1.29, 1.82) is 0 Å². The molecule has 0 unspecified atom stereocenters. The maximum atomic E-state index is 11.7. The average molecular weight is 440 g/mol. The predicted molar refractivity (Wildman–Crippen MR) is 103 cm³/mol. The number of ether oxygens (including phenoxy) is 1. The van der Waals surface area contributed by atoms with Crippen LogP contribution in [-0.2, 0) is 4.74 Å². The Morgan fingerprint density at radius 1 is 1.32 bits per heavy atom. The molecule has 0 aliphatic heterocycles. The van der Waals surface area contributed by atoms with Crippen LogP contribution in [0.3, 0.4) is 0 Å². The molecule has 8 heteroatoms. The van der Waals surface area contributed by atoms with Crippen LogP contribution in [0, 0.1) is 0 Å². The Kier molecular flexibility index (Phi) is 13.2. The van der Waals surface area contributed by atoms with E-state index in [9.17, 15) is 4.79 Å². The van der Waals surface area contributed by atoms with Crippen LogP contribution in [-0.4, -0.2) is 51.8 Å². The van der Waals surface area contributed by atoms with Crippen molar-refractivity contribution < 1.29 is 9.53 Å². The third-order valence-electron chi connectivity index (χ3n) is 2.58. The highest BCUT2D eigenvalue weighted by Crippen LogP contribution is 2.07. The molecule has 0 fully saturated rings. The van der Waals surface area contributed by atoms with Gasteiger partial charge in [0.1, 0.15) is 0 Å². The number of thiophene rings is 1. The highest BCUT2D eigenvalue weighted by atomic mass is 127. The van der Waals surface area contributed by atoms with Gasteiger partial charge in [-0.2, -0.15) is 0 Å². The summed E-state index contributed by atoms with van der Waals surface area (Å²) >= 11 is 1.45. The zero-order valence-corrected chi connectivity index (χ0v) is 16.2. The molecule has 0 atom stereocenters. The minimum atomic E-state index is -0.0147. The van der Waals surface area contributed by atoms with E-state index in [0.29, 0.717) is 19.7 Å². The van der Waals surface area contributed by atoms with Gasteiger partial charge in [-0.15, -0.1) is 35.3 Å². The van der Waals surface area contributed by atoms with E-state index < -0.39 is 0 Å². The molecule has 6 nitrogen and oxygen atoms in total. The van der Waals surface area contributed by atoms with Crippen molar-refractivity contribution >= 4 is 47.2 Å². The van der Waals surface area contributed by atoms with Crippen LogP contribution in [0.25, 0.3) is 0 Å². The number of guanidine groups is 1. The Morgan fingerprint density at radius 3 is 2.77 bits per heavy atom. The molecule has 0 aliphatic carbocycles. The largest absolute Gasteiger partial charge is 0.383 e. The van der Waals surface area contributed by atoms with Gasteiger partial charge in [-0.05, 0) is 24.8 Å². The van der Waals surface area contributed by atoms with Crippen LogP contribution >= 0.6 is 35.3 Å². The molecule has 1 heterocycles. The van der Waals surface area contributed by atoms with Gasteiger partial charge in [0, 0.05) is 33.3 Å². The number of amides is 1. The smallest absolute Gasteiger partial charge is 0.261 e. The summed E-state index contributed by atoms with van der Waals surface area (Å²) in [5.74, 6) is 0.762. The predicted octanol–water partition coefficient (Wildman–Crippen LogP) is 1.69. The van der Waals surface area contributed by atoms with Crippen LogP contribution in [0.1, 0.15) is 23.0 Å². The van der Waals surface area contributed by atoms with E-state index in [1.54, 1.807) is 7.11 Å². The minimum Gasteiger partial charge on any atom is -0.383 e. The number of aliphatic imine (C=N–C) groups is 1. The van der Waals surface area contributed by atoms with Crippen LogP contribution in [0.2, 0.25) is 0 Å². The number of rotatable bonds is 9. The van der Waals surface area contributed by atoms with Gasteiger partial charge < -0.3 is 20.7 Å². The molecule has 22 heavy (non-hydrogen) atoms. The normalized spacial score (nSPS) is 10.7. The van der Waals surface area contributed by atoms with Gasteiger partial charge in [0.2, 0.25) is 0 Å². The third kappa shape index (κ3) is 9.21. The molecule has 0 saturated heterocycles. The number of nitrogens with one attached hydrogen (secondary N) is 3. The van der Waals surface area contributed by atoms with Crippen molar-refractivity contribution in [2.75, 3.05) is 39.9 Å². The average Bonchev–Trinajstić information content (AvgIpc) is 3.01. The summed E-state index contributed by atoms with van der Waals surface area (Å²) in [5, 5.41) is 11.1. The SMILES string of the molecule is CCNC(=NCCCNC(=O)c1cccs1)NCCOC.I. The first kappa shape index (κ1) is 21.1. The Labute approximate surface area is 153 Å². The van der Waals surface area contributed by atoms with Crippen LogP contribution in [0.4, 0.5) is 0 Å². The van der Waals surface area contributed by atoms with E-state index >= 15 is 0 Å². The second-order valence-electron chi connectivity index (χ2n) is 4.27. The number of hydrogen-bond donors (Lipinski definition) is 3. The second-order valence-corrected chi connectivity index (χ2v) is 5.21. The van der Waals surface area contributed by atoms with Gasteiger partial charge in [-0.1, -0.05) is 6.07 Å². The number of methoxy groups -OCH3 is 1. The fraction of sp³-hybridized carbons (Fsp3) is 0.571. The standard InChI is InChI=1S/C14H24N4O2S.HI/c1-3-15-14(18-9-10-20-2)17-8-5-7-16-13(19)12-6-4-11-21-12;/h4,6,11H,3,5,7-10H2,1-2H3,(H,16,19)(H2,15,17,18);1H. The van der Waals surface area contributed by atoms with Gasteiger partial charge in [0.25, 0.3) is 5.91 Å². The quantitative estimate of drug-likeness (QED) is 0.237. The number of nitrogens with zero attached hydrogens (tertiary/aromatic N) is 1. The molecule has 3 N–H and O–H groups in total. The van der Waals surface area contributed by atoms with Crippen molar-refractivity contribution in [3.05, 3.63) is 22.4 Å². The molecule has 1 rings (SSSR count). The van der Waals surface area contributed by atoms with Gasteiger partial charge >= 0.3 is 0 Å². The van der Waals surface area contributed by atoms with E-state index in [2.05, 4.69) is 20.9 Å². The van der Waals surface area contributed by atoms with Gasteiger partial charge in [-0.25, -0.2) is 0 Å². The summed E-state index contributed by atoms with van der Waals surface area (Å²) in [6.07, 6.45) is 0.804. The Bertz CT molecular complexity index is 426. The van der Waals surface area contributed by atoms with Gasteiger partial charge in [0.15, 0.2) is 5.96 Å². The molecule has 126 valence electrons. The lowest BCUT2D eigenvalue weighted by atomic mass is 10.4. The summed E-state index contributed by atoms with van der Waals surface area (Å²) in [7, 11) is 1.67. The van der Waals surface area contributed by atoms with Crippen molar-refractivity contribution in [2.24, 2.45) is 4.99 Å². The Morgan fingerprint density at radius 2 is 2.14 bits per heavy atom. The lowest BCUT2D eigenvalue weighted by Crippen LogP contribution is -2.39. The summed E-state index contributed by atoms with van der Waals surface area (Å²) in [5.41, 5.74) is 0. The van der Waals surface area contributed by atoms with E-state index in [-0.39, 0.29) is 29.9 Å². The van der Waals surface area contributed by atoms with Crippen LogP contribution in [0.15, 0.2) is 22.5 Å². The molecule has 0 aromatic carbocycles. The first-order valence-electron chi connectivity index (χ1n) is 7.10. The second kappa shape index (κ2) is 13.8. The topological polar surface area (TPSA) is 74.8 Å². The molecule has 0 aliphatic rings. The van der Waals surface area contributed by atoms with Crippen LogP contribution in [0.5, 0.6) is 0 Å². The lowest BCUT2D eigenvalue weighted by Gasteiger charge is -2.10. The van der Waals surface area contributed by atoms with Gasteiger partial charge in [0.05, 0.1) is 11.5 Å². The molecule has 0 bridgehead atoms. The molecule has 1 amide bonds. The molecule has 1 aromatic rings.